The summed E-state index contributed by atoms with van der Waals surface area (Å²) in [5, 5.41) is 3.39. The van der Waals surface area contributed by atoms with Crippen LogP contribution in [0.1, 0.15) is 34.1 Å². The number of carbonyl (C=O) groups excluding carboxylic acids is 1. The van der Waals surface area contributed by atoms with Crippen molar-refractivity contribution in [2.75, 3.05) is 66.1 Å². The summed E-state index contributed by atoms with van der Waals surface area (Å²) in [4.78, 5) is 23.2. The number of guanidine groups is 1. The number of carbonyl (C=O) groups is 1. The second kappa shape index (κ2) is 10.1. The minimum atomic E-state index is -0.479. The van der Waals surface area contributed by atoms with Crippen LogP contribution in [-0.2, 0) is 9.47 Å². The Labute approximate surface area is 163 Å². The lowest BCUT2D eigenvalue weighted by atomic mass is 10.2. The largest absolute Gasteiger partial charge is 0.444 e. The maximum Gasteiger partial charge on any atom is 0.410 e. The molecule has 0 bridgehead atoms. The van der Waals surface area contributed by atoms with Crippen molar-refractivity contribution in [1.29, 1.82) is 0 Å². The number of aliphatic imine (C=N–C) groups is 1. The summed E-state index contributed by atoms with van der Waals surface area (Å²) in [5.74, 6) is 0.936. The van der Waals surface area contributed by atoms with E-state index in [-0.39, 0.29) is 6.09 Å². The van der Waals surface area contributed by atoms with Gasteiger partial charge in [0.15, 0.2) is 5.96 Å². The molecule has 0 aromatic heterocycles. The van der Waals surface area contributed by atoms with E-state index in [4.69, 9.17) is 14.5 Å². The van der Waals surface area contributed by atoms with E-state index in [1.54, 1.807) is 11.9 Å². The SMILES string of the molecule is CCNC(=NCCN(C)C(=O)OC(C)(C)C)N1CCC(N2CCOCC2)C1. The molecule has 1 amide bonds. The van der Waals surface area contributed by atoms with E-state index in [0.29, 0.717) is 19.1 Å². The van der Waals surface area contributed by atoms with Crippen LogP contribution in [-0.4, -0.2) is 104 Å². The lowest BCUT2D eigenvalue weighted by molar-refractivity contribution is 0.0194. The molecular formula is C19H37N5O3. The van der Waals surface area contributed by atoms with Gasteiger partial charge in [-0.25, -0.2) is 4.79 Å². The Morgan fingerprint density at radius 1 is 1.30 bits per heavy atom. The van der Waals surface area contributed by atoms with Gasteiger partial charge in [0, 0.05) is 52.4 Å². The predicted molar refractivity (Wildman–Crippen MR) is 107 cm³/mol. The molecule has 1 atom stereocenters. The number of nitrogens with one attached hydrogen (secondary N) is 1. The summed E-state index contributed by atoms with van der Waals surface area (Å²) in [6.07, 6.45) is 0.846. The third-order valence-electron chi connectivity index (χ3n) is 4.76. The Morgan fingerprint density at radius 3 is 2.63 bits per heavy atom. The zero-order valence-corrected chi connectivity index (χ0v) is 17.7. The summed E-state index contributed by atoms with van der Waals surface area (Å²) >= 11 is 0. The van der Waals surface area contributed by atoms with Crippen LogP contribution in [0.25, 0.3) is 0 Å². The quantitative estimate of drug-likeness (QED) is 0.569. The summed E-state index contributed by atoms with van der Waals surface area (Å²) in [5.41, 5.74) is -0.479. The number of morpholine rings is 1. The van der Waals surface area contributed by atoms with Crippen LogP contribution in [0.15, 0.2) is 4.99 Å². The van der Waals surface area contributed by atoms with Gasteiger partial charge < -0.3 is 24.6 Å². The Hall–Kier alpha value is -1.54. The third-order valence-corrected chi connectivity index (χ3v) is 4.76. The van der Waals surface area contributed by atoms with Gasteiger partial charge in [0.1, 0.15) is 5.60 Å². The first-order valence-electron chi connectivity index (χ1n) is 10.1. The number of hydrogen-bond acceptors (Lipinski definition) is 5. The second-order valence-electron chi connectivity index (χ2n) is 8.17. The molecule has 2 aliphatic heterocycles. The van der Waals surface area contributed by atoms with Crippen LogP contribution < -0.4 is 5.32 Å². The van der Waals surface area contributed by atoms with Crippen molar-refractivity contribution in [3.8, 4) is 0 Å². The van der Waals surface area contributed by atoms with E-state index in [1.807, 2.05) is 20.8 Å². The molecule has 1 unspecified atom stereocenters. The molecule has 8 nitrogen and oxygen atoms in total. The van der Waals surface area contributed by atoms with E-state index in [9.17, 15) is 4.79 Å². The van der Waals surface area contributed by atoms with Gasteiger partial charge >= 0.3 is 6.09 Å². The van der Waals surface area contributed by atoms with Gasteiger partial charge in [0.25, 0.3) is 0 Å². The van der Waals surface area contributed by atoms with Crippen LogP contribution in [0.3, 0.4) is 0 Å². The maximum atomic E-state index is 12.0. The van der Waals surface area contributed by atoms with Crippen LogP contribution >= 0.6 is 0 Å². The minimum Gasteiger partial charge on any atom is -0.444 e. The van der Waals surface area contributed by atoms with Gasteiger partial charge in [0.2, 0.25) is 0 Å². The van der Waals surface area contributed by atoms with Gasteiger partial charge in [-0.15, -0.1) is 0 Å². The number of hydrogen-bond donors (Lipinski definition) is 1. The summed E-state index contributed by atoms with van der Waals surface area (Å²) in [6, 6.07) is 0.571. The first-order valence-corrected chi connectivity index (χ1v) is 10.1. The lowest BCUT2D eigenvalue weighted by Crippen LogP contribution is -2.46. The molecule has 0 aromatic carbocycles. The minimum absolute atomic E-state index is 0.309. The molecular weight excluding hydrogens is 346 g/mol. The molecule has 27 heavy (non-hydrogen) atoms. The van der Waals surface area contributed by atoms with Crippen LogP contribution in [0.2, 0.25) is 0 Å². The highest BCUT2D eigenvalue weighted by Crippen LogP contribution is 2.17. The van der Waals surface area contributed by atoms with Crippen LogP contribution in [0.5, 0.6) is 0 Å². The number of nitrogens with zero attached hydrogens (tertiary/aromatic N) is 4. The molecule has 1 N–H and O–H groups in total. The highest BCUT2D eigenvalue weighted by molar-refractivity contribution is 5.80. The number of likely N-dealkylation sites (tertiary alicyclic amines) is 1. The summed E-state index contributed by atoms with van der Waals surface area (Å²) < 4.78 is 10.8. The Morgan fingerprint density at radius 2 is 2.00 bits per heavy atom. The van der Waals surface area contributed by atoms with Crippen molar-refractivity contribution < 1.29 is 14.3 Å². The van der Waals surface area contributed by atoms with E-state index < -0.39 is 5.60 Å². The fourth-order valence-corrected chi connectivity index (χ4v) is 3.34. The Kier molecular flexibility index (Phi) is 8.16. The molecule has 2 rings (SSSR count). The molecule has 0 saturated carbocycles. The molecule has 2 aliphatic rings. The fourth-order valence-electron chi connectivity index (χ4n) is 3.34. The number of amides is 1. The molecule has 2 saturated heterocycles. The van der Waals surface area contributed by atoms with Crippen LogP contribution in [0, 0.1) is 0 Å². The molecule has 0 aliphatic carbocycles. The first-order chi connectivity index (χ1) is 12.8. The summed E-state index contributed by atoms with van der Waals surface area (Å²) in [7, 11) is 1.75. The average molecular weight is 384 g/mol. The zero-order valence-electron chi connectivity index (χ0n) is 17.7. The number of likely N-dealkylation sites (N-methyl/N-ethyl adjacent to an activating group) is 1. The Bertz CT molecular complexity index is 500. The van der Waals surface area contributed by atoms with Crippen molar-refractivity contribution in [3.05, 3.63) is 0 Å². The predicted octanol–water partition coefficient (Wildman–Crippen LogP) is 1.23. The van der Waals surface area contributed by atoms with Crippen molar-refractivity contribution in [2.45, 2.75) is 45.8 Å². The summed E-state index contributed by atoms with van der Waals surface area (Å²) in [6.45, 7) is 15.3. The van der Waals surface area contributed by atoms with Crippen molar-refractivity contribution in [3.63, 3.8) is 0 Å². The standard InChI is InChI=1S/C19H37N5O3/c1-6-20-17(21-8-10-22(5)18(25)27-19(2,3)4)24-9-7-16(15-24)23-11-13-26-14-12-23/h16H,6-15H2,1-5H3,(H,20,21). The van der Waals surface area contributed by atoms with E-state index in [1.165, 1.54) is 0 Å². The average Bonchev–Trinajstić information content (AvgIpc) is 3.10. The topological polar surface area (TPSA) is 69.6 Å². The van der Waals surface area contributed by atoms with Crippen molar-refractivity contribution >= 4 is 12.1 Å². The van der Waals surface area contributed by atoms with E-state index in [2.05, 4.69) is 22.0 Å². The zero-order chi connectivity index (χ0) is 19.9. The lowest BCUT2D eigenvalue weighted by Gasteiger charge is -2.32. The monoisotopic (exact) mass is 383 g/mol. The van der Waals surface area contributed by atoms with Crippen LogP contribution in [0.4, 0.5) is 4.79 Å². The second-order valence-corrected chi connectivity index (χ2v) is 8.17. The molecule has 156 valence electrons. The smallest absolute Gasteiger partial charge is 0.410 e. The van der Waals surface area contributed by atoms with Gasteiger partial charge in [-0.1, -0.05) is 0 Å². The van der Waals surface area contributed by atoms with Gasteiger partial charge in [-0.3, -0.25) is 9.89 Å². The van der Waals surface area contributed by atoms with Gasteiger partial charge in [0.05, 0.1) is 19.8 Å². The van der Waals surface area contributed by atoms with E-state index in [0.717, 1.165) is 58.3 Å². The molecule has 0 radical (unpaired) electrons. The highest BCUT2D eigenvalue weighted by Gasteiger charge is 2.30. The van der Waals surface area contributed by atoms with E-state index >= 15 is 0 Å². The van der Waals surface area contributed by atoms with Crippen molar-refractivity contribution in [2.24, 2.45) is 4.99 Å². The maximum absolute atomic E-state index is 12.0. The third kappa shape index (κ3) is 7.18. The molecule has 0 spiro atoms. The molecule has 2 fully saturated rings. The first kappa shape index (κ1) is 21.8. The number of ether oxygens (including phenoxy) is 2. The molecule has 8 heteroatoms. The molecule has 2 heterocycles. The van der Waals surface area contributed by atoms with Crippen molar-refractivity contribution in [1.82, 2.24) is 20.0 Å². The van der Waals surface area contributed by atoms with Gasteiger partial charge in [-0.2, -0.15) is 0 Å². The normalized spacial score (nSPS) is 22.0. The molecule has 0 aromatic rings. The Balaban J connectivity index is 1.84. The number of rotatable bonds is 5. The highest BCUT2D eigenvalue weighted by atomic mass is 16.6. The van der Waals surface area contributed by atoms with Gasteiger partial charge in [-0.05, 0) is 34.1 Å². The fraction of sp³-hybridized carbons (Fsp3) is 0.895.